The smallest absolute Gasteiger partial charge is 0.164 e. The van der Waals surface area contributed by atoms with Crippen LogP contribution in [0, 0.1) is 0 Å². The SMILES string of the molecule is COc1cc(OC)c(C(O)Cc2ccc(Br)s2)cc1OC. The van der Waals surface area contributed by atoms with Crippen molar-refractivity contribution >= 4 is 27.3 Å². The average Bonchev–Trinajstić information content (AvgIpc) is 2.90. The van der Waals surface area contributed by atoms with E-state index in [1.165, 1.54) is 0 Å². The van der Waals surface area contributed by atoms with E-state index in [0.29, 0.717) is 29.2 Å². The molecule has 0 aliphatic heterocycles. The zero-order chi connectivity index (χ0) is 15.4. The van der Waals surface area contributed by atoms with Crippen molar-refractivity contribution in [2.45, 2.75) is 12.5 Å². The molecule has 1 heterocycles. The monoisotopic (exact) mass is 372 g/mol. The van der Waals surface area contributed by atoms with Crippen LogP contribution in [0.3, 0.4) is 0 Å². The number of benzene rings is 1. The quantitative estimate of drug-likeness (QED) is 0.837. The number of ether oxygens (including phenoxy) is 3. The molecule has 1 aromatic carbocycles. The Morgan fingerprint density at radius 2 is 1.67 bits per heavy atom. The van der Waals surface area contributed by atoms with Crippen LogP contribution in [0.5, 0.6) is 17.2 Å². The molecule has 4 nitrogen and oxygen atoms in total. The van der Waals surface area contributed by atoms with Crippen molar-refractivity contribution < 1.29 is 19.3 Å². The summed E-state index contributed by atoms with van der Waals surface area (Å²) in [6.07, 6.45) is -0.160. The van der Waals surface area contributed by atoms with E-state index in [-0.39, 0.29) is 0 Å². The lowest BCUT2D eigenvalue weighted by atomic mass is 10.0. The molecule has 1 aromatic heterocycles. The molecule has 0 amide bonds. The van der Waals surface area contributed by atoms with Crippen LogP contribution in [0.1, 0.15) is 16.5 Å². The summed E-state index contributed by atoms with van der Waals surface area (Å²) >= 11 is 5.03. The molecule has 0 fully saturated rings. The fourth-order valence-electron chi connectivity index (χ4n) is 2.08. The van der Waals surface area contributed by atoms with Gasteiger partial charge < -0.3 is 19.3 Å². The Hall–Kier alpha value is -1.24. The Kier molecular flexibility index (Phi) is 5.50. The van der Waals surface area contributed by atoms with Crippen molar-refractivity contribution in [3.05, 3.63) is 38.5 Å². The molecule has 0 bridgehead atoms. The van der Waals surface area contributed by atoms with Gasteiger partial charge in [-0.2, -0.15) is 0 Å². The second-order valence-corrected chi connectivity index (χ2v) is 6.92. The third-order valence-electron chi connectivity index (χ3n) is 3.12. The van der Waals surface area contributed by atoms with Gasteiger partial charge in [-0.05, 0) is 34.1 Å². The Morgan fingerprint density at radius 1 is 1.05 bits per heavy atom. The molecule has 21 heavy (non-hydrogen) atoms. The number of rotatable bonds is 6. The van der Waals surface area contributed by atoms with Crippen molar-refractivity contribution in [1.82, 2.24) is 0 Å². The standard InChI is InChI=1S/C15H17BrO4S/c1-18-12-8-14(20-3)13(19-2)7-10(12)11(17)6-9-4-5-15(16)21-9/h4-5,7-8,11,17H,6H2,1-3H3. The van der Waals surface area contributed by atoms with E-state index in [4.69, 9.17) is 14.2 Å². The van der Waals surface area contributed by atoms with Crippen LogP contribution < -0.4 is 14.2 Å². The Bertz CT molecular complexity index is 612. The van der Waals surface area contributed by atoms with Gasteiger partial charge in [-0.15, -0.1) is 11.3 Å². The molecule has 0 radical (unpaired) electrons. The highest BCUT2D eigenvalue weighted by atomic mass is 79.9. The predicted molar refractivity (Wildman–Crippen MR) is 86.8 cm³/mol. The Morgan fingerprint density at radius 3 is 2.19 bits per heavy atom. The molecule has 1 atom stereocenters. The summed E-state index contributed by atoms with van der Waals surface area (Å²) in [6.45, 7) is 0. The van der Waals surface area contributed by atoms with Crippen LogP contribution in [-0.4, -0.2) is 26.4 Å². The van der Waals surface area contributed by atoms with Crippen molar-refractivity contribution in [2.24, 2.45) is 0 Å². The maximum absolute atomic E-state index is 10.5. The largest absolute Gasteiger partial charge is 0.496 e. The summed E-state index contributed by atoms with van der Waals surface area (Å²) < 4.78 is 16.9. The minimum absolute atomic E-state index is 0.516. The number of thiophene rings is 1. The lowest BCUT2D eigenvalue weighted by Gasteiger charge is -2.17. The number of halogens is 1. The second kappa shape index (κ2) is 7.15. The molecule has 1 unspecified atom stereocenters. The van der Waals surface area contributed by atoms with Crippen LogP contribution in [0.2, 0.25) is 0 Å². The van der Waals surface area contributed by atoms with E-state index < -0.39 is 6.10 Å². The molecule has 2 rings (SSSR count). The maximum atomic E-state index is 10.5. The summed E-state index contributed by atoms with van der Waals surface area (Å²) in [7, 11) is 4.70. The summed E-state index contributed by atoms with van der Waals surface area (Å²) in [5.74, 6) is 1.72. The first kappa shape index (κ1) is 16.1. The van der Waals surface area contributed by atoms with Gasteiger partial charge in [0.05, 0.1) is 31.2 Å². The average molecular weight is 373 g/mol. The molecule has 0 spiro atoms. The highest BCUT2D eigenvalue weighted by Crippen LogP contribution is 2.39. The van der Waals surface area contributed by atoms with E-state index in [2.05, 4.69) is 15.9 Å². The van der Waals surface area contributed by atoms with E-state index in [0.717, 1.165) is 8.66 Å². The topological polar surface area (TPSA) is 47.9 Å². The van der Waals surface area contributed by atoms with E-state index in [9.17, 15) is 5.11 Å². The fraction of sp³-hybridized carbons (Fsp3) is 0.333. The summed E-state index contributed by atoms with van der Waals surface area (Å²) in [5, 5.41) is 10.5. The Balaban J connectivity index is 2.32. The minimum Gasteiger partial charge on any atom is -0.496 e. The van der Waals surface area contributed by atoms with Gasteiger partial charge >= 0.3 is 0 Å². The molecule has 0 aliphatic rings. The number of hydrogen-bond acceptors (Lipinski definition) is 5. The summed E-state index contributed by atoms with van der Waals surface area (Å²) in [5.41, 5.74) is 0.680. The van der Waals surface area contributed by atoms with Crippen LogP contribution in [0.25, 0.3) is 0 Å². The van der Waals surface area contributed by atoms with Crippen molar-refractivity contribution in [2.75, 3.05) is 21.3 Å². The first-order valence-electron chi connectivity index (χ1n) is 6.31. The van der Waals surface area contributed by atoms with Gasteiger partial charge in [-0.25, -0.2) is 0 Å². The van der Waals surface area contributed by atoms with Crippen LogP contribution in [0.4, 0.5) is 0 Å². The zero-order valence-corrected chi connectivity index (χ0v) is 14.5. The van der Waals surface area contributed by atoms with Gasteiger partial charge in [0.1, 0.15) is 5.75 Å². The van der Waals surface area contributed by atoms with Gasteiger partial charge in [0, 0.05) is 22.9 Å². The highest BCUT2D eigenvalue weighted by Gasteiger charge is 2.19. The minimum atomic E-state index is -0.676. The number of aliphatic hydroxyl groups is 1. The van der Waals surface area contributed by atoms with E-state index in [1.807, 2.05) is 12.1 Å². The van der Waals surface area contributed by atoms with Crippen LogP contribution in [-0.2, 0) is 6.42 Å². The molecule has 114 valence electrons. The first-order valence-corrected chi connectivity index (χ1v) is 7.92. The number of aliphatic hydroxyl groups excluding tert-OH is 1. The van der Waals surface area contributed by atoms with Crippen molar-refractivity contribution in [1.29, 1.82) is 0 Å². The maximum Gasteiger partial charge on any atom is 0.164 e. The molecular weight excluding hydrogens is 356 g/mol. The lowest BCUT2D eigenvalue weighted by Crippen LogP contribution is -2.04. The zero-order valence-electron chi connectivity index (χ0n) is 12.1. The number of methoxy groups -OCH3 is 3. The molecular formula is C15H17BrO4S. The van der Waals surface area contributed by atoms with E-state index >= 15 is 0 Å². The molecule has 1 N–H and O–H groups in total. The van der Waals surface area contributed by atoms with Gasteiger partial charge in [-0.1, -0.05) is 0 Å². The van der Waals surface area contributed by atoms with Crippen LogP contribution >= 0.6 is 27.3 Å². The summed E-state index contributed by atoms with van der Waals surface area (Å²) in [6, 6.07) is 7.44. The molecule has 2 aromatic rings. The molecule has 0 saturated carbocycles. The normalized spacial score (nSPS) is 12.0. The van der Waals surface area contributed by atoms with Gasteiger partial charge in [-0.3, -0.25) is 0 Å². The first-order chi connectivity index (χ1) is 10.1. The van der Waals surface area contributed by atoms with E-state index in [1.54, 1.807) is 44.8 Å². The Labute approximate surface area is 136 Å². The second-order valence-electron chi connectivity index (χ2n) is 4.37. The number of hydrogen-bond donors (Lipinski definition) is 1. The van der Waals surface area contributed by atoms with Gasteiger partial charge in [0.25, 0.3) is 0 Å². The molecule has 0 aliphatic carbocycles. The van der Waals surface area contributed by atoms with Crippen molar-refractivity contribution in [3.63, 3.8) is 0 Å². The summed E-state index contributed by atoms with van der Waals surface area (Å²) in [4.78, 5) is 1.09. The fourth-order valence-corrected chi connectivity index (χ4v) is 3.59. The third kappa shape index (κ3) is 3.70. The third-order valence-corrected chi connectivity index (χ3v) is 4.76. The molecule has 6 heteroatoms. The molecule has 0 saturated heterocycles. The van der Waals surface area contributed by atoms with Gasteiger partial charge in [0.15, 0.2) is 11.5 Å². The highest BCUT2D eigenvalue weighted by molar-refractivity contribution is 9.11. The van der Waals surface area contributed by atoms with Crippen molar-refractivity contribution in [3.8, 4) is 17.2 Å². The van der Waals surface area contributed by atoms with Gasteiger partial charge in [0.2, 0.25) is 0 Å². The predicted octanol–water partition coefficient (Wildman–Crippen LogP) is 3.81. The van der Waals surface area contributed by atoms with Crippen LogP contribution in [0.15, 0.2) is 28.1 Å². The lowest BCUT2D eigenvalue weighted by molar-refractivity contribution is 0.174.